The largest absolute Gasteiger partial charge is 0.454 e. The molecule has 5 heteroatoms. The monoisotopic (exact) mass is 550 g/mol. The van der Waals surface area contributed by atoms with Gasteiger partial charge in [-0.2, -0.15) is 0 Å². The molecule has 3 unspecified atom stereocenters. The Kier molecular flexibility index (Phi) is 6.23. The van der Waals surface area contributed by atoms with E-state index in [1.165, 1.54) is 5.39 Å². The summed E-state index contributed by atoms with van der Waals surface area (Å²) >= 11 is 3.83. The number of rotatable bonds is 4. The Balaban J connectivity index is 1.44. The molecule has 0 heterocycles. The fraction of sp³-hybridized carbons (Fsp3) is 0.125. The summed E-state index contributed by atoms with van der Waals surface area (Å²) in [5, 5.41) is 4.50. The van der Waals surface area contributed by atoms with E-state index in [-0.39, 0.29) is 4.83 Å². The van der Waals surface area contributed by atoms with Gasteiger partial charge in [0.25, 0.3) is 0 Å². The Hall–Kier alpha value is -3.96. The van der Waals surface area contributed by atoms with Crippen molar-refractivity contribution in [2.75, 3.05) is 0 Å². The highest BCUT2D eigenvalue weighted by Gasteiger charge is 2.40. The molecule has 1 aliphatic carbocycles. The summed E-state index contributed by atoms with van der Waals surface area (Å²) in [5.41, 5.74) is 2.77. The number of hydrogen-bond acceptors (Lipinski definition) is 4. The number of alkyl halides is 1. The normalized spacial score (nSPS) is 18.8. The first-order chi connectivity index (χ1) is 18.1. The van der Waals surface area contributed by atoms with Crippen LogP contribution >= 0.6 is 15.9 Å². The molecule has 0 aliphatic heterocycles. The molecular weight excluding hydrogens is 528 g/mol. The van der Waals surface area contributed by atoms with Gasteiger partial charge in [-0.15, -0.1) is 0 Å². The maximum atomic E-state index is 13.2. The van der Waals surface area contributed by atoms with Gasteiger partial charge in [0.05, 0.1) is 11.1 Å². The van der Waals surface area contributed by atoms with Crippen LogP contribution in [0.5, 0.6) is 0 Å². The van der Waals surface area contributed by atoms with Gasteiger partial charge in [-0.1, -0.05) is 88.7 Å². The number of carbonyl (C=O) groups excluding carboxylic acids is 2. The number of benzene rings is 5. The number of fused-ring (bicyclic) bond motifs is 4. The maximum Gasteiger partial charge on any atom is 0.338 e. The van der Waals surface area contributed by atoms with Crippen LogP contribution in [0.3, 0.4) is 0 Å². The Labute approximate surface area is 223 Å². The van der Waals surface area contributed by atoms with E-state index in [2.05, 4.69) is 52.3 Å². The van der Waals surface area contributed by atoms with Crippen molar-refractivity contribution in [2.24, 2.45) is 0 Å². The molecule has 0 spiro atoms. The maximum absolute atomic E-state index is 13.2. The quantitative estimate of drug-likeness (QED) is 0.129. The molecule has 0 radical (unpaired) electrons. The van der Waals surface area contributed by atoms with Crippen LogP contribution in [-0.4, -0.2) is 18.0 Å². The molecule has 0 bridgehead atoms. The van der Waals surface area contributed by atoms with Gasteiger partial charge in [-0.3, -0.25) is 0 Å². The molecule has 182 valence electrons. The molecular formula is C32H23BrO4. The summed E-state index contributed by atoms with van der Waals surface area (Å²) in [6, 6.07) is 34.5. The highest BCUT2D eigenvalue weighted by Crippen LogP contribution is 2.46. The molecule has 1 aliphatic rings. The third-order valence-electron chi connectivity index (χ3n) is 6.88. The van der Waals surface area contributed by atoms with Gasteiger partial charge in [-0.25, -0.2) is 9.59 Å². The van der Waals surface area contributed by atoms with E-state index < -0.39 is 24.1 Å². The summed E-state index contributed by atoms with van der Waals surface area (Å²) in [4.78, 5) is 26.1. The lowest BCUT2D eigenvalue weighted by atomic mass is 9.84. The minimum atomic E-state index is -0.750. The fourth-order valence-electron chi connectivity index (χ4n) is 5.05. The van der Waals surface area contributed by atoms with E-state index in [0.29, 0.717) is 17.5 Å². The van der Waals surface area contributed by atoms with Crippen LogP contribution in [0.15, 0.2) is 109 Å². The zero-order chi connectivity index (χ0) is 25.4. The highest BCUT2D eigenvalue weighted by atomic mass is 79.9. The second-order valence-electron chi connectivity index (χ2n) is 9.19. The van der Waals surface area contributed by atoms with Gasteiger partial charge in [0.2, 0.25) is 0 Å². The molecule has 5 aromatic rings. The molecule has 37 heavy (non-hydrogen) atoms. The molecule has 0 N–H and O–H groups in total. The van der Waals surface area contributed by atoms with Crippen LogP contribution in [0.4, 0.5) is 0 Å². The van der Waals surface area contributed by atoms with Crippen molar-refractivity contribution in [1.82, 2.24) is 0 Å². The number of esters is 2. The first kappa shape index (κ1) is 23.4. The Morgan fingerprint density at radius 2 is 1.22 bits per heavy atom. The lowest BCUT2D eigenvalue weighted by Crippen LogP contribution is -2.34. The van der Waals surface area contributed by atoms with Crippen LogP contribution in [-0.2, 0) is 9.47 Å². The molecule has 0 saturated carbocycles. The van der Waals surface area contributed by atoms with Crippen molar-refractivity contribution in [3.8, 4) is 0 Å². The summed E-state index contributed by atoms with van der Waals surface area (Å²) in [6.07, 6.45) is -0.940. The zero-order valence-corrected chi connectivity index (χ0v) is 21.4. The van der Waals surface area contributed by atoms with Crippen molar-refractivity contribution >= 4 is 49.4 Å². The summed E-state index contributed by atoms with van der Waals surface area (Å²) in [6.45, 7) is 0. The number of halogens is 1. The van der Waals surface area contributed by atoms with Crippen molar-refractivity contribution in [1.29, 1.82) is 0 Å². The van der Waals surface area contributed by atoms with Gasteiger partial charge < -0.3 is 9.47 Å². The fourth-order valence-corrected chi connectivity index (χ4v) is 5.81. The van der Waals surface area contributed by atoms with Gasteiger partial charge in [0.15, 0.2) is 6.10 Å². The van der Waals surface area contributed by atoms with Crippen LogP contribution in [0.1, 0.15) is 49.2 Å². The minimum Gasteiger partial charge on any atom is -0.454 e. The highest BCUT2D eigenvalue weighted by molar-refractivity contribution is 9.09. The van der Waals surface area contributed by atoms with Gasteiger partial charge in [0.1, 0.15) is 6.10 Å². The van der Waals surface area contributed by atoms with Gasteiger partial charge >= 0.3 is 11.9 Å². The topological polar surface area (TPSA) is 52.6 Å². The number of carbonyl (C=O) groups is 2. The number of hydrogen-bond donors (Lipinski definition) is 0. The van der Waals surface area contributed by atoms with Crippen molar-refractivity contribution < 1.29 is 19.1 Å². The summed E-state index contributed by atoms with van der Waals surface area (Å²) in [5.74, 6) is -0.898. The first-order valence-corrected chi connectivity index (χ1v) is 13.1. The zero-order valence-electron chi connectivity index (χ0n) is 19.8. The van der Waals surface area contributed by atoms with Crippen molar-refractivity contribution in [3.05, 3.63) is 131 Å². The smallest absolute Gasteiger partial charge is 0.338 e. The van der Waals surface area contributed by atoms with E-state index in [1.807, 2.05) is 24.3 Å². The van der Waals surface area contributed by atoms with E-state index in [4.69, 9.17) is 9.47 Å². The van der Waals surface area contributed by atoms with Gasteiger partial charge in [0, 0.05) is 16.8 Å². The molecule has 0 aromatic heterocycles. The molecule has 0 fully saturated rings. The average molecular weight is 551 g/mol. The molecule has 6 rings (SSSR count). The molecule has 0 saturated heterocycles. The summed E-state index contributed by atoms with van der Waals surface area (Å²) < 4.78 is 12.1. The average Bonchev–Trinajstić information content (AvgIpc) is 2.95. The standard InChI is InChI=1S/C32H23BrO4/c33-28-19-29(36-31(34)21-10-3-1-4-11-21)30(37-32(35)22-12-5-2-6-13-22)27-17-23-16-15-20-9-7-8-14-24(20)25(23)18-26(27)28/h1-18,28-30H,19H2. The second-order valence-corrected chi connectivity index (χ2v) is 10.3. The van der Waals surface area contributed by atoms with E-state index in [0.717, 1.165) is 27.3 Å². The first-order valence-electron chi connectivity index (χ1n) is 12.2. The van der Waals surface area contributed by atoms with E-state index in [9.17, 15) is 9.59 Å². The molecule has 5 aromatic carbocycles. The molecule has 3 atom stereocenters. The Morgan fingerprint density at radius 1 is 0.622 bits per heavy atom. The minimum absolute atomic E-state index is 0.0777. The van der Waals surface area contributed by atoms with E-state index in [1.54, 1.807) is 48.5 Å². The third-order valence-corrected chi connectivity index (χ3v) is 7.75. The van der Waals surface area contributed by atoms with E-state index >= 15 is 0 Å². The molecule has 0 amide bonds. The summed E-state index contributed by atoms with van der Waals surface area (Å²) in [7, 11) is 0. The number of ether oxygens (including phenoxy) is 2. The lowest BCUT2D eigenvalue weighted by Gasteiger charge is -2.35. The SMILES string of the molecule is O=C(OC1CC(Br)c2cc3c(ccc4ccccc43)cc2C1OC(=O)c1ccccc1)c1ccccc1. The molecule has 4 nitrogen and oxygen atoms in total. The van der Waals surface area contributed by atoms with Crippen LogP contribution in [0.25, 0.3) is 21.5 Å². The van der Waals surface area contributed by atoms with Crippen LogP contribution in [0.2, 0.25) is 0 Å². The van der Waals surface area contributed by atoms with Crippen molar-refractivity contribution in [3.63, 3.8) is 0 Å². The second kappa shape index (κ2) is 9.83. The van der Waals surface area contributed by atoms with Crippen LogP contribution in [0, 0.1) is 0 Å². The third kappa shape index (κ3) is 4.51. The van der Waals surface area contributed by atoms with Crippen molar-refractivity contribution in [2.45, 2.75) is 23.5 Å². The predicted molar refractivity (Wildman–Crippen MR) is 148 cm³/mol. The predicted octanol–water partition coefficient (Wildman–Crippen LogP) is 7.96. The van der Waals surface area contributed by atoms with Gasteiger partial charge in [-0.05, 0) is 63.5 Å². The Bertz CT molecular complexity index is 1610. The Morgan fingerprint density at radius 3 is 1.92 bits per heavy atom. The lowest BCUT2D eigenvalue weighted by molar-refractivity contribution is -0.0438. The van der Waals surface area contributed by atoms with Crippen LogP contribution < -0.4 is 0 Å².